The molecule has 1 unspecified atom stereocenters. The maximum atomic E-state index is 13.0. The molecule has 0 fully saturated rings. The van der Waals surface area contributed by atoms with Crippen molar-refractivity contribution in [3.63, 3.8) is 0 Å². The third-order valence-electron chi connectivity index (χ3n) is 2.36. The molecule has 0 aliphatic carbocycles. The molecule has 0 radical (unpaired) electrons. The molecule has 0 bridgehead atoms. The van der Waals surface area contributed by atoms with Crippen molar-refractivity contribution in [2.75, 3.05) is 0 Å². The number of halogens is 3. The van der Waals surface area contributed by atoms with Crippen LogP contribution in [0.5, 0.6) is 0 Å². The highest BCUT2D eigenvalue weighted by atomic mass is 79.9. The van der Waals surface area contributed by atoms with Gasteiger partial charge in [0.25, 0.3) is 0 Å². The molecular weight excluding hydrogens is 294 g/mol. The Kier molecular flexibility index (Phi) is 3.59. The summed E-state index contributed by atoms with van der Waals surface area (Å²) in [4.78, 5) is 0. The van der Waals surface area contributed by atoms with Crippen LogP contribution in [0.4, 0.5) is 8.78 Å². The summed E-state index contributed by atoms with van der Waals surface area (Å²) in [5.74, 6) is -1.45. The van der Waals surface area contributed by atoms with Crippen LogP contribution in [-0.4, -0.2) is 5.11 Å². The van der Waals surface area contributed by atoms with Gasteiger partial charge in [0, 0.05) is 6.42 Å². The lowest BCUT2D eigenvalue weighted by molar-refractivity contribution is 0.149. The Hall–Kier alpha value is -1.20. The molecule has 5 heteroatoms. The fraction of sp³-hybridized carbons (Fsp3) is 0.167. The highest BCUT2D eigenvalue weighted by Gasteiger charge is 2.16. The molecule has 2 rings (SSSR count). The van der Waals surface area contributed by atoms with Crippen molar-refractivity contribution >= 4 is 15.9 Å². The summed E-state index contributed by atoms with van der Waals surface area (Å²) in [6.45, 7) is 0. The molecule has 90 valence electrons. The van der Waals surface area contributed by atoms with Gasteiger partial charge in [0.2, 0.25) is 0 Å². The highest BCUT2D eigenvalue weighted by molar-refractivity contribution is 9.10. The first-order chi connectivity index (χ1) is 8.08. The third-order valence-corrected chi connectivity index (χ3v) is 3.02. The summed E-state index contributed by atoms with van der Waals surface area (Å²) >= 11 is 3.22. The molecule has 0 aliphatic rings. The Morgan fingerprint density at radius 3 is 2.59 bits per heavy atom. The van der Waals surface area contributed by atoms with Gasteiger partial charge in [0.05, 0.1) is 10.7 Å². The maximum absolute atomic E-state index is 13.0. The van der Waals surface area contributed by atoms with Gasteiger partial charge in [-0.2, -0.15) is 0 Å². The lowest BCUT2D eigenvalue weighted by Crippen LogP contribution is -2.02. The van der Waals surface area contributed by atoms with Gasteiger partial charge >= 0.3 is 0 Å². The van der Waals surface area contributed by atoms with Crippen LogP contribution in [-0.2, 0) is 6.42 Å². The number of rotatable bonds is 3. The Balaban J connectivity index is 2.16. The van der Waals surface area contributed by atoms with E-state index in [1.807, 2.05) is 0 Å². The monoisotopic (exact) mass is 302 g/mol. The standard InChI is InChI=1S/C12H9BrF2O2/c13-8-3-4-17-12(8)11(16)6-7-1-2-9(14)10(15)5-7/h1-5,11,16H,6H2. The van der Waals surface area contributed by atoms with Crippen LogP contribution >= 0.6 is 15.9 Å². The molecule has 1 aromatic heterocycles. The maximum Gasteiger partial charge on any atom is 0.159 e. The summed E-state index contributed by atoms with van der Waals surface area (Å²) in [6.07, 6.45) is 0.696. The first-order valence-electron chi connectivity index (χ1n) is 4.93. The first-order valence-corrected chi connectivity index (χ1v) is 5.72. The molecule has 2 aromatic rings. The summed E-state index contributed by atoms with van der Waals surface area (Å²) in [6, 6.07) is 5.19. The Morgan fingerprint density at radius 2 is 2.00 bits per heavy atom. The molecule has 17 heavy (non-hydrogen) atoms. The second kappa shape index (κ2) is 4.98. The average molecular weight is 303 g/mol. The summed E-state index contributed by atoms with van der Waals surface area (Å²) in [5, 5.41) is 9.86. The fourth-order valence-electron chi connectivity index (χ4n) is 1.53. The van der Waals surface area contributed by atoms with Gasteiger partial charge in [0.1, 0.15) is 11.9 Å². The molecule has 2 nitrogen and oxygen atoms in total. The van der Waals surface area contributed by atoms with Crippen molar-refractivity contribution in [1.82, 2.24) is 0 Å². The van der Waals surface area contributed by atoms with E-state index in [0.717, 1.165) is 12.1 Å². The minimum Gasteiger partial charge on any atom is -0.465 e. The van der Waals surface area contributed by atoms with Crippen LogP contribution in [0.15, 0.2) is 39.4 Å². The Morgan fingerprint density at radius 1 is 1.24 bits per heavy atom. The van der Waals surface area contributed by atoms with E-state index < -0.39 is 17.7 Å². The molecule has 1 N–H and O–H groups in total. The predicted molar refractivity (Wildman–Crippen MR) is 61.4 cm³/mol. The van der Waals surface area contributed by atoms with Crippen LogP contribution in [0, 0.1) is 11.6 Å². The Labute approximate surface area is 105 Å². The van der Waals surface area contributed by atoms with Gasteiger partial charge in [-0.1, -0.05) is 6.07 Å². The quantitative estimate of drug-likeness (QED) is 0.940. The normalized spacial score (nSPS) is 12.7. The lowest BCUT2D eigenvalue weighted by atomic mass is 10.1. The summed E-state index contributed by atoms with van der Waals surface area (Å²) in [7, 11) is 0. The zero-order chi connectivity index (χ0) is 12.4. The second-order valence-corrected chi connectivity index (χ2v) is 4.46. The van der Waals surface area contributed by atoms with E-state index in [4.69, 9.17) is 4.42 Å². The van der Waals surface area contributed by atoms with E-state index in [2.05, 4.69) is 15.9 Å². The van der Waals surface area contributed by atoms with Crippen molar-refractivity contribution in [1.29, 1.82) is 0 Å². The van der Waals surface area contributed by atoms with E-state index in [-0.39, 0.29) is 6.42 Å². The predicted octanol–water partition coefficient (Wildman–Crippen LogP) is 3.60. The van der Waals surface area contributed by atoms with Gasteiger partial charge in [-0.15, -0.1) is 0 Å². The number of hydrogen-bond acceptors (Lipinski definition) is 2. The lowest BCUT2D eigenvalue weighted by Gasteiger charge is -2.08. The number of hydrogen-bond donors (Lipinski definition) is 1. The van der Waals surface area contributed by atoms with Gasteiger partial charge in [0.15, 0.2) is 11.6 Å². The molecule has 0 aliphatic heterocycles. The van der Waals surface area contributed by atoms with E-state index in [1.54, 1.807) is 6.07 Å². The van der Waals surface area contributed by atoms with Crippen molar-refractivity contribution in [2.24, 2.45) is 0 Å². The van der Waals surface area contributed by atoms with Crippen LogP contribution in [0.2, 0.25) is 0 Å². The smallest absolute Gasteiger partial charge is 0.159 e. The van der Waals surface area contributed by atoms with E-state index >= 15 is 0 Å². The highest BCUT2D eigenvalue weighted by Crippen LogP contribution is 2.27. The minimum absolute atomic E-state index is 0.156. The third kappa shape index (κ3) is 2.73. The molecule has 0 saturated heterocycles. The zero-order valence-electron chi connectivity index (χ0n) is 8.66. The zero-order valence-corrected chi connectivity index (χ0v) is 10.2. The topological polar surface area (TPSA) is 33.4 Å². The fourth-order valence-corrected chi connectivity index (χ4v) is 1.99. The van der Waals surface area contributed by atoms with Gasteiger partial charge < -0.3 is 9.52 Å². The van der Waals surface area contributed by atoms with E-state index in [1.165, 1.54) is 12.3 Å². The van der Waals surface area contributed by atoms with Crippen molar-refractivity contribution in [3.8, 4) is 0 Å². The number of benzene rings is 1. The number of aliphatic hydroxyl groups is 1. The largest absolute Gasteiger partial charge is 0.465 e. The SMILES string of the molecule is OC(Cc1ccc(F)c(F)c1)c1occc1Br. The van der Waals surface area contributed by atoms with Gasteiger partial charge in [-0.3, -0.25) is 0 Å². The second-order valence-electron chi connectivity index (χ2n) is 3.60. The molecule has 1 aromatic carbocycles. The molecular formula is C12H9BrF2O2. The van der Waals surface area contributed by atoms with Crippen LogP contribution in [0.3, 0.4) is 0 Å². The van der Waals surface area contributed by atoms with Gasteiger partial charge in [-0.25, -0.2) is 8.78 Å². The molecule has 0 amide bonds. The van der Waals surface area contributed by atoms with Gasteiger partial charge in [-0.05, 0) is 39.7 Å². The molecule has 0 saturated carbocycles. The molecule has 1 atom stereocenters. The Bertz CT molecular complexity index is 525. The van der Waals surface area contributed by atoms with Crippen LogP contribution < -0.4 is 0 Å². The van der Waals surface area contributed by atoms with Crippen molar-refractivity contribution in [3.05, 3.63) is 58.0 Å². The first kappa shape index (κ1) is 12.3. The minimum atomic E-state index is -0.923. The van der Waals surface area contributed by atoms with Crippen molar-refractivity contribution < 1.29 is 18.3 Å². The van der Waals surface area contributed by atoms with Crippen LogP contribution in [0.25, 0.3) is 0 Å². The van der Waals surface area contributed by atoms with E-state index in [0.29, 0.717) is 15.8 Å². The summed E-state index contributed by atoms with van der Waals surface area (Å²) < 4.78 is 31.4. The molecule has 1 heterocycles. The number of aliphatic hydroxyl groups excluding tert-OH is 1. The van der Waals surface area contributed by atoms with Crippen molar-refractivity contribution in [2.45, 2.75) is 12.5 Å². The summed E-state index contributed by atoms with van der Waals surface area (Å²) in [5.41, 5.74) is 0.500. The van der Waals surface area contributed by atoms with Crippen LogP contribution in [0.1, 0.15) is 17.4 Å². The van der Waals surface area contributed by atoms with E-state index in [9.17, 15) is 13.9 Å². The average Bonchev–Trinajstić information content (AvgIpc) is 2.70. The molecule has 0 spiro atoms. The number of furan rings is 1.